The van der Waals surface area contributed by atoms with E-state index < -0.39 is 0 Å². The topological polar surface area (TPSA) is 41.1 Å². The lowest BCUT2D eigenvalue weighted by atomic mass is 10.0. The highest BCUT2D eigenvalue weighted by atomic mass is 35.5. The van der Waals surface area contributed by atoms with Gasteiger partial charge in [0, 0.05) is 18.0 Å². The Hall–Kier alpha value is -0.770. The number of hydrogen-bond donors (Lipinski definition) is 2. The summed E-state index contributed by atoms with van der Waals surface area (Å²) in [5.74, 6) is 0.633. The molecule has 18 heavy (non-hydrogen) atoms. The fraction of sp³-hybridized carbons (Fsp3) is 0.462. The van der Waals surface area contributed by atoms with Gasteiger partial charge in [-0.1, -0.05) is 23.7 Å². The van der Waals surface area contributed by atoms with E-state index in [1.165, 1.54) is 0 Å². The Morgan fingerprint density at radius 3 is 2.72 bits per heavy atom. The Morgan fingerprint density at radius 1 is 1.39 bits per heavy atom. The summed E-state index contributed by atoms with van der Waals surface area (Å²) in [6.07, 6.45) is 1.73. The molecule has 0 aromatic heterocycles. The van der Waals surface area contributed by atoms with Crippen LogP contribution in [0.15, 0.2) is 24.3 Å². The third kappa shape index (κ3) is 4.84. The molecule has 1 amide bonds. The molecule has 2 N–H and O–H groups in total. The SMILES string of the molecule is Cl.O=C(CC1CCNC1)NCc1ccc(Cl)cc1. The molecule has 1 aliphatic heterocycles. The lowest BCUT2D eigenvalue weighted by Gasteiger charge is -2.09. The summed E-state index contributed by atoms with van der Waals surface area (Å²) < 4.78 is 0. The summed E-state index contributed by atoms with van der Waals surface area (Å²) >= 11 is 5.79. The van der Waals surface area contributed by atoms with Crippen LogP contribution in [-0.4, -0.2) is 19.0 Å². The minimum absolute atomic E-state index is 0. The van der Waals surface area contributed by atoms with Gasteiger partial charge in [-0.25, -0.2) is 0 Å². The van der Waals surface area contributed by atoms with Gasteiger partial charge in [-0.3, -0.25) is 4.79 Å². The molecule has 0 radical (unpaired) electrons. The summed E-state index contributed by atoms with van der Waals surface area (Å²) in [6, 6.07) is 7.54. The van der Waals surface area contributed by atoms with Crippen molar-refractivity contribution < 1.29 is 4.79 Å². The average molecular weight is 289 g/mol. The van der Waals surface area contributed by atoms with Crippen LogP contribution >= 0.6 is 24.0 Å². The molecule has 1 saturated heterocycles. The molecule has 1 aromatic carbocycles. The first kappa shape index (κ1) is 15.3. The van der Waals surface area contributed by atoms with Crippen LogP contribution in [0.2, 0.25) is 5.02 Å². The molecule has 2 rings (SSSR count). The lowest BCUT2D eigenvalue weighted by molar-refractivity contribution is -0.122. The molecule has 1 atom stereocenters. The predicted octanol–water partition coefficient (Wildman–Crippen LogP) is 2.38. The number of nitrogens with one attached hydrogen (secondary N) is 2. The number of rotatable bonds is 4. The van der Waals surface area contributed by atoms with E-state index in [0.717, 1.165) is 30.1 Å². The van der Waals surface area contributed by atoms with E-state index in [2.05, 4.69) is 10.6 Å². The van der Waals surface area contributed by atoms with E-state index in [4.69, 9.17) is 11.6 Å². The second-order valence-corrected chi connectivity index (χ2v) is 4.90. The number of benzene rings is 1. The Morgan fingerprint density at radius 2 is 2.11 bits per heavy atom. The van der Waals surface area contributed by atoms with Crippen molar-refractivity contribution in [1.29, 1.82) is 0 Å². The zero-order valence-corrected chi connectivity index (χ0v) is 11.7. The van der Waals surface area contributed by atoms with E-state index in [1.807, 2.05) is 24.3 Å². The van der Waals surface area contributed by atoms with Crippen molar-refractivity contribution in [3.05, 3.63) is 34.9 Å². The first-order valence-electron chi connectivity index (χ1n) is 5.96. The van der Waals surface area contributed by atoms with E-state index in [0.29, 0.717) is 18.9 Å². The molecular weight excluding hydrogens is 271 g/mol. The van der Waals surface area contributed by atoms with Gasteiger partial charge >= 0.3 is 0 Å². The maximum Gasteiger partial charge on any atom is 0.220 e. The smallest absolute Gasteiger partial charge is 0.220 e. The fourth-order valence-corrected chi connectivity index (χ4v) is 2.15. The van der Waals surface area contributed by atoms with Gasteiger partial charge in [0.15, 0.2) is 0 Å². The van der Waals surface area contributed by atoms with E-state index in [9.17, 15) is 4.79 Å². The Labute approximate surface area is 119 Å². The second-order valence-electron chi connectivity index (χ2n) is 4.47. The van der Waals surface area contributed by atoms with Gasteiger partial charge in [-0.2, -0.15) is 0 Å². The summed E-state index contributed by atoms with van der Waals surface area (Å²) in [6.45, 7) is 2.58. The standard InChI is InChI=1S/C13H17ClN2O.ClH/c14-12-3-1-10(2-4-12)9-16-13(17)7-11-5-6-15-8-11;/h1-4,11,15H,5-9H2,(H,16,17);1H. The van der Waals surface area contributed by atoms with Gasteiger partial charge in [0.25, 0.3) is 0 Å². The zero-order chi connectivity index (χ0) is 12.1. The van der Waals surface area contributed by atoms with Crippen molar-refractivity contribution in [2.75, 3.05) is 13.1 Å². The molecule has 1 heterocycles. The molecule has 1 aromatic rings. The van der Waals surface area contributed by atoms with Crippen molar-refractivity contribution in [2.45, 2.75) is 19.4 Å². The average Bonchev–Trinajstić information content (AvgIpc) is 2.81. The molecule has 1 fully saturated rings. The molecule has 5 heteroatoms. The highest BCUT2D eigenvalue weighted by molar-refractivity contribution is 6.30. The number of hydrogen-bond acceptors (Lipinski definition) is 2. The fourth-order valence-electron chi connectivity index (χ4n) is 2.03. The molecule has 0 aliphatic carbocycles. The Balaban J connectivity index is 0.00000162. The van der Waals surface area contributed by atoms with Crippen LogP contribution in [0.25, 0.3) is 0 Å². The minimum atomic E-state index is 0. The van der Waals surface area contributed by atoms with Gasteiger partial charge in [-0.05, 0) is 43.1 Å². The number of halogens is 2. The van der Waals surface area contributed by atoms with E-state index >= 15 is 0 Å². The summed E-state index contributed by atoms with van der Waals surface area (Å²) in [5.41, 5.74) is 1.08. The second kappa shape index (κ2) is 7.62. The molecule has 100 valence electrons. The van der Waals surface area contributed by atoms with Crippen molar-refractivity contribution in [1.82, 2.24) is 10.6 Å². The third-order valence-corrected chi connectivity index (χ3v) is 3.29. The highest BCUT2D eigenvalue weighted by Gasteiger charge is 2.17. The zero-order valence-electron chi connectivity index (χ0n) is 10.1. The van der Waals surface area contributed by atoms with Gasteiger partial charge in [-0.15, -0.1) is 12.4 Å². The van der Waals surface area contributed by atoms with Crippen LogP contribution in [0.1, 0.15) is 18.4 Å². The molecule has 0 bridgehead atoms. The van der Waals surface area contributed by atoms with Gasteiger partial charge in [0.1, 0.15) is 0 Å². The molecule has 1 unspecified atom stereocenters. The van der Waals surface area contributed by atoms with Gasteiger partial charge in [0.2, 0.25) is 5.91 Å². The Bertz CT molecular complexity index is 375. The molecular formula is C13H18Cl2N2O. The van der Waals surface area contributed by atoms with Crippen molar-refractivity contribution in [2.24, 2.45) is 5.92 Å². The number of carbonyl (C=O) groups excluding carboxylic acids is 1. The predicted molar refractivity (Wildman–Crippen MR) is 76.1 cm³/mol. The number of amides is 1. The van der Waals surface area contributed by atoms with E-state index in [1.54, 1.807) is 0 Å². The quantitative estimate of drug-likeness (QED) is 0.893. The van der Waals surface area contributed by atoms with Crippen LogP contribution in [0.3, 0.4) is 0 Å². The van der Waals surface area contributed by atoms with Crippen LogP contribution in [-0.2, 0) is 11.3 Å². The largest absolute Gasteiger partial charge is 0.352 e. The van der Waals surface area contributed by atoms with Crippen LogP contribution in [0.5, 0.6) is 0 Å². The van der Waals surface area contributed by atoms with Crippen LogP contribution in [0, 0.1) is 5.92 Å². The lowest BCUT2D eigenvalue weighted by Crippen LogP contribution is -2.25. The van der Waals surface area contributed by atoms with Crippen molar-refractivity contribution in [3.8, 4) is 0 Å². The monoisotopic (exact) mass is 288 g/mol. The third-order valence-electron chi connectivity index (χ3n) is 3.04. The maximum atomic E-state index is 11.7. The molecule has 0 spiro atoms. The normalized spacial score (nSPS) is 18.2. The first-order chi connectivity index (χ1) is 8.24. The van der Waals surface area contributed by atoms with Crippen molar-refractivity contribution >= 4 is 29.9 Å². The summed E-state index contributed by atoms with van der Waals surface area (Å²) in [5, 5.41) is 6.92. The summed E-state index contributed by atoms with van der Waals surface area (Å²) in [4.78, 5) is 11.7. The van der Waals surface area contributed by atoms with Gasteiger partial charge in [0.05, 0.1) is 0 Å². The van der Waals surface area contributed by atoms with Crippen molar-refractivity contribution in [3.63, 3.8) is 0 Å². The summed E-state index contributed by atoms with van der Waals surface area (Å²) in [7, 11) is 0. The maximum absolute atomic E-state index is 11.7. The first-order valence-corrected chi connectivity index (χ1v) is 6.33. The van der Waals surface area contributed by atoms with Crippen LogP contribution < -0.4 is 10.6 Å². The molecule has 3 nitrogen and oxygen atoms in total. The minimum Gasteiger partial charge on any atom is -0.352 e. The van der Waals surface area contributed by atoms with Gasteiger partial charge < -0.3 is 10.6 Å². The highest BCUT2D eigenvalue weighted by Crippen LogP contribution is 2.12. The Kier molecular flexibility index (Phi) is 6.47. The van der Waals surface area contributed by atoms with Crippen LogP contribution in [0.4, 0.5) is 0 Å². The number of carbonyl (C=O) groups is 1. The molecule has 1 aliphatic rings. The molecule has 0 saturated carbocycles. The van der Waals surface area contributed by atoms with E-state index in [-0.39, 0.29) is 18.3 Å².